The maximum atomic E-state index is 12.1. The molecule has 7 nitrogen and oxygen atoms in total. The number of carbonyl (C=O) groups excluding carboxylic acids is 1. The fraction of sp³-hybridized carbons (Fsp3) is 0.462. The van der Waals surface area contributed by atoms with Gasteiger partial charge in [0.1, 0.15) is 0 Å². The average Bonchev–Trinajstić information content (AvgIpc) is 2.43. The number of carboxylic acid groups (broad SMARTS) is 1. The van der Waals surface area contributed by atoms with Gasteiger partial charge in [-0.1, -0.05) is 13.3 Å². The number of hydrogen-bond acceptors (Lipinski definition) is 4. The van der Waals surface area contributed by atoms with Crippen LogP contribution in [0.4, 0.5) is 10.5 Å². The third-order valence-electron chi connectivity index (χ3n) is 2.69. The zero-order chi connectivity index (χ0) is 15.0. The van der Waals surface area contributed by atoms with Crippen LogP contribution in [0.5, 0.6) is 0 Å². The Labute approximate surface area is 117 Å². The summed E-state index contributed by atoms with van der Waals surface area (Å²) in [6.45, 7) is 2.56. The zero-order valence-electron chi connectivity index (χ0n) is 11.4. The molecule has 3 N–H and O–H groups in total. The molecule has 1 heterocycles. The summed E-state index contributed by atoms with van der Waals surface area (Å²) in [5, 5.41) is 20.5. The van der Waals surface area contributed by atoms with Crippen molar-refractivity contribution in [1.29, 1.82) is 0 Å². The van der Waals surface area contributed by atoms with Crippen molar-refractivity contribution in [3.8, 4) is 0 Å². The van der Waals surface area contributed by atoms with Crippen LogP contribution in [0.2, 0.25) is 0 Å². The number of aromatic nitrogens is 1. The first-order valence-electron chi connectivity index (χ1n) is 6.45. The number of hydrogen-bond donors (Lipinski definition) is 3. The number of urea groups is 1. The number of anilines is 1. The Kier molecular flexibility index (Phi) is 6.45. The minimum absolute atomic E-state index is 0.143. The summed E-state index contributed by atoms with van der Waals surface area (Å²) in [5.41, 5.74) is -0.0651. The molecule has 0 bridgehead atoms. The molecule has 0 fully saturated rings. The van der Waals surface area contributed by atoms with E-state index < -0.39 is 12.0 Å². The van der Waals surface area contributed by atoms with Crippen LogP contribution in [-0.2, 0) is 0 Å². The Hall–Kier alpha value is -2.15. The minimum Gasteiger partial charge on any atom is -0.476 e. The monoisotopic (exact) mass is 281 g/mol. The van der Waals surface area contributed by atoms with E-state index in [1.165, 1.54) is 17.2 Å². The van der Waals surface area contributed by atoms with Crippen molar-refractivity contribution in [2.75, 3.05) is 25.0 Å². The number of nitrogens with zero attached hydrogens (tertiary/aromatic N) is 2. The molecule has 0 saturated carbocycles. The average molecular weight is 281 g/mol. The summed E-state index contributed by atoms with van der Waals surface area (Å²) in [6, 6.07) is 2.58. The number of unbranched alkanes of at least 4 members (excludes halogenated alkanes) is 1. The van der Waals surface area contributed by atoms with Crippen molar-refractivity contribution in [1.82, 2.24) is 9.88 Å². The lowest BCUT2D eigenvalue weighted by Gasteiger charge is -2.22. The third-order valence-corrected chi connectivity index (χ3v) is 2.69. The molecule has 2 amide bonds. The van der Waals surface area contributed by atoms with E-state index in [9.17, 15) is 9.59 Å². The van der Waals surface area contributed by atoms with Crippen LogP contribution in [0.25, 0.3) is 0 Å². The second-order valence-electron chi connectivity index (χ2n) is 4.20. The first-order valence-corrected chi connectivity index (χ1v) is 6.45. The number of carbonyl (C=O) groups is 2. The number of pyridine rings is 1. The summed E-state index contributed by atoms with van der Waals surface area (Å²) in [6.07, 6.45) is 3.08. The smallest absolute Gasteiger partial charge is 0.356 e. The summed E-state index contributed by atoms with van der Waals surface area (Å²) < 4.78 is 0. The molecule has 0 aromatic carbocycles. The van der Waals surface area contributed by atoms with Gasteiger partial charge in [0.2, 0.25) is 0 Å². The quantitative estimate of drug-likeness (QED) is 0.701. The second kappa shape index (κ2) is 8.11. The van der Waals surface area contributed by atoms with Gasteiger partial charge in [0.05, 0.1) is 12.3 Å². The molecule has 0 radical (unpaired) electrons. The molecule has 0 atom stereocenters. The summed E-state index contributed by atoms with van der Waals surface area (Å²) >= 11 is 0. The van der Waals surface area contributed by atoms with Gasteiger partial charge in [0.25, 0.3) is 0 Å². The van der Waals surface area contributed by atoms with E-state index in [4.69, 9.17) is 10.2 Å². The van der Waals surface area contributed by atoms with Crippen LogP contribution in [-0.4, -0.2) is 51.8 Å². The fourth-order valence-electron chi connectivity index (χ4n) is 1.66. The van der Waals surface area contributed by atoms with Crippen molar-refractivity contribution >= 4 is 17.7 Å². The van der Waals surface area contributed by atoms with Crippen LogP contribution >= 0.6 is 0 Å². The Morgan fingerprint density at radius 1 is 1.40 bits per heavy atom. The normalized spacial score (nSPS) is 10.1. The summed E-state index contributed by atoms with van der Waals surface area (Å²) in [7, 11) is 0. The molecule has 0 aliphatic heterocycles. The first kappa shape index (κ1) is 15.9. The molecule has 7 heteroatoms. The topological polar surface area (TPSA) is 103 Å². The predicted molar refractivity (Wildman–Crippen MR) is 73.8 cm³/mol. The van der Waals surface area contributed by atoms with E-state index in [1.54, 1.807) is 6.07 Å². The van der Waals surface area contributed by atoms with Crippen molar-refractivity contribution in [3.05, 3.63) is 24.0 Å². The molecular weight excluding hydrogens is 262 g/mol. The van der Waals surface area contributed by atoms with Gasteiger partial charge in [-0.3, -0.25) is 0 Å². The molecule has 0 aliphatic rings. The fourth-order valence-corrected chi connectivity index (χ4v) is 1.66. The molecule has 1 aromatic heterocycles. The van der Waals surface area contributed by atoms with Crippen LogP contribution in [0.15, 0.2) is 18.3 Å². The highest BCUT2D eigenvalue weighted by molar-refractivity contribution is 5.98. The maximum absolute atomic E-state index is 12.1. The molecule has 110 valence electrons. The van der Waals surface area contributed by atoms with Crippen molar-refractivity contribution in [3.63, 3.8) is 0 Å². The van der Waals surface area contributed by atoms with Gasteiger partial charge >= 0.3 is 12.0 Å². The zero-order valence-corrected chi connectivity index (χ0v) is 11.4. The van der Waals surface area contributed by atoms with E-state index >= 15 is 0 Å². The second-order valence-corrected chi connectivity index (χ2v) is 4.20. The lowest BCUT2D eigenvalue weighted by Crippen LogP contribution is -2.38. The number of aliphatic hydroxyl groups is 1. The van der Waals surface area contributed by atoms with Crippen LogP contribution in [0.1, 0.15) is 30.3 Å². The number of aliphatic hydroxyl groups excluding tert-OH is 1. The maximum Gasteiger partial charge on any atom is 0.356 e. The summed E-state index contributed by atoms with van der Waals surface area (Å²) in [4.78, 5) is 28.2. The van der Waals surface area contributed by atoms with E-state index in [0.717, 1.165) is 12.8 Å². The van der Waals surface area contributed by atoms with E-state index in [2.05, 4.69) is 10.3 Å². The van der Waals surface area contributed by atoms with Crippen LogP contribution in [0.3, 0.4) is 0 Å². The molecule has 20 heavy (non-hydrogen) atoms. The van der Waals surface area contributed by atoms with Crippen LogP contribution in [0, 0.1) is 0 Å². The third kappa shape index (κ3) is 4.51. The molecule has 1 rings (SSSR count). The van der Waals surface area contributed by atoms with E-state index in [0.29, 0.717) is 6.54 Å². The number of carboxylic acids is 1. The van der Waals surface area contributed by atoms with Gasteiger partial charge < -0.3 is 20.4 Å². The Morgan fingerprint density at radius 2 is 2.15 bits per heavy atom. The molecule has 0 saturated heterocycles. The van der Waals surface area contributed by atoms with Gasteiger partial charge in [-0.15, -0.1) is 0 Å². The van der Waals surface area contributed by atoms with Crippen LogP contribution < -0.4 is 5.32 Å². The highest BCUT2D eigenvalue weighted by atomic mass is 16.4. The van der Waals surface area contributed by atoms with Gasteiger partial charge in [-0.2, -0.15) is 0 Å². The molecular formula is C13H19N3O4. The van der Waals surface area contributed by atoms with Gasteiger partial charge in [-0.05, 0) is 18.6 Å². The Bertz CT molecular complexity index is 465. The minimum atomic E-state index is -1.21. The highest BCUT2D eigenvalue weighted by Crippen LogP contribution is 2.13. The number of nitrogens with one attached hydrogen (secondary N) is 1. The Morgan fingerprint density at radius 3 is 2.75 bits per heavy atom. The molecule has 0 unspecified atom stereocenters. The Balaban J connectivity index is 2.79. The largest absolute Gasteiger partial charge is 0.476 e. The van der Waals surface area contributed by atoms with Crippen molar-refractivity contribution < 1.29 is 19.8 Å². The lowest BCUT2D eigenvalue weighted by atomic mass is 10.3. The first-order chi connectivity index (χ1) is 9.60. The van der Waals surface area contributed by atoms with Gasteiger partial charge in [0.15, 0.2) is 5.69 Å². The number of aromatic carboxylic acids is 1. The van der Waals surface area contributed by atoms with E-state index in [-0.39, 0.29) is 24.5 Å². The standard InChI is InChI=1S/C13H19N3O4/c1-2-3-7-16(8-9-17)13(20)15-10-5-4-6-14-11(10)12(18)19/h4-6,17H,2-3,7-9H2,1H3,(H,15,20)(H,18,19). The van der Waals surface area contributed by atoms with Gasteiger partial charge in [0, 0.05) is 19.3 Å². The molecule has 0 aliphatic carbocycles. The predicted octanol–water partition coefficient (Wildman–Crippen LogP) is 1.41. The SMILES string of the molecule is CCCCN(CCO)C(=O)Nc1cccnc1C(=O)O. The molecule has 1 aromatic rings. The lowest BCUT2D eigenvalue weighted by molar-refractivity contribution is 0.0691. The number of rotatable bonds is 7. The molecule has 0 spiro atoms. The van der Waals surface area contributed by atoms with Crippen molar-refractivity contribution in [2.45, 2.75) is 19.8 Å². The van der Waals surface area contributed by atoms with E-state index in [1.807, 2.05) is 6.92 Å². The highest BCUT2D eigenvalue weighted by Gasteiger charge is 2.17. The summed E-state index contributed by atoms with van der Waals surface area (Å²) in [5.74, 6) is -1.21. The van der Waals surface area contributed by atoms with Gasteiger partial charge in [-0.25, -0.2) is 14.6 Å². The number of amides is 2. The van der Waals surface area contributed by atoms with Crippen molar-refractivity contribution in [2.24, 2.45) is 0 Å².